The van der Waals surface area contributed by atoms with Gasteiger partial charge in [-0.25, -0.2) is 0 Å². The molecule has 2 N–H and O–H groups in total. The Labute approximate surface area is 176 Å². The number of esters is 1. The highest BCUT2D eigenvalue weighted by Crippen LogP contribution is 2.69. The molecule has 0 spiro atoms. The molecule has 0 aromatic carbocycles. The van der Waals surface area contributed by atoms with Crippen LogP contribution >= 0.6 is 0 Å². The molecule has 4 saturated carbocycles. The Bertz CT molecular complexity index is 645. The van der Waals surface area contributed by atoms with Gasteiger partial charge in [-0.1, -0.05) is 27.7 Å². The van der Waals surface area contributed by atoms with Gasteiger partial charge in [0.2, 0.25) is 0 Å². The number of ether oxygens (including phenoxy) is 1. The lowest BCUT2D eigenvalue weighted by Crippen LogP contribution is -2.59. The van der Waals surface area contributed by atoms with Gasteiger partial charge in [0, 0.05) is 0 Å². The van der Waals surface area contributed by atoms with Gasteiger partial charge in [0.15, 0.2) is 0 Å². The summed E-state index contributed by atoms with van der Waals surface area (Å²) >= 11 is 0. The normalized spacial score (nSPS) is 49.7. The van der Waals surface area contributed by atoms with E-state index in [2.05, 4.69) is 27.7 Å². The van der Waals surface area contributed by atoms with Crippen molar-refractivity contribution in [3.05, 3.63) is 0 Å². The van der Waals surface area contributed by atoms with Crippen molar-refractivity contribution in [2.75, 3.05) is 7.11 Å². The number of carbonyl (C=O) groups is 1. The van der Waals surface area contributed by atoms with Crippen LogP contribution in [0.2, 0.25) is 0 Å². The molecule has 4 aliphatic rings. The van der Waals surface area contributed by atoms with Gasteiger partial charge >= 0.3 is 5.97 Å². The number of aliphatic hydroxyl groups excluding tert-OH is 2. The molecule has 0 aliphatic heterocycles. The number of rotatable bonds is 3. The Balaban J connectivity index is 1.60. The Hall–Kier alpha value is -0.610. The van der Waals surface area contributed by atoms with Gasteiger partial charge in [-0.2, -0.15) is 0 Å². The predicted molar refractivity (Wildman–Crippen MR) is 113 cm³/mol. The summed E-state index contributed by atoms with van der Waals surface area (Å²) < 4.78 is 5.00. The van der Waals surface area contributed by atoms with E-state index in [1.54, 1.807) is 0 Å². The SMILES string of the molecule is COC(=O)CC(C)(C)[C@H]1CCC2C3C(CC[C@@]21C)[C@@]1(C)CC[C@@H](O)C[C@H]1C[C@@H]3O. The van der Waals surface area contributed by atoms with E-state index in [-0.39, 0.29) is 34.4 Å². The second-order valence-electron chi connectivity index (χ2n) is 12.1. The summed E-state index contributed by atoms with van der Waals surface area (Å²) in [7, 11) is 1.49. The lowest BCUT2D eigenvalue weighted by atomic mass is 9.43. The molecule has 9 atom stereocenters. The van der Waals surface area contributed by atoms with E-state index in [1.807, 2.05) is 0 Å². The maximum Gasteiger partial charge on any atom is 0.306 e. The monoisotopic (exact) mass is 406 g/mol. The first kappa shape index (κ1) is 21.6. The molecule has 0 aromatic rings. The molecule has 3 unspecified atom stereocenters. The summed E-state index contributed by atoms with van der Waals surface area (Å²) in [6.45, 7) is 9.40. The van der Waals surface area contributed by atoms with Crippen LogP contribution in [0, 0.1) is 45.8 Å². The van der Waals surface area contributed by atoms with E-state index in [0.29, 0.717) is 36.0 Å². The van der Waals surface area contributed by atoms with E-state index < -0.39 is 0 Å². The summed E-state index contributed by atoms with van der Waals surface area (Å²) in [5, 5.41) is 21.6. The number of methoxy groups -OCH3 is 1. The van der Waals surface area contributed by atoms with Crippen LogP contribution < -0.4 is 0 Å². The summed E-state index contributed by atoms with van der Waals surface area (Å²) in [5.74, 6) is 2.34. The molecule has 0 radical (unpaired) electrons. The third-order valence-corrected chi connectivity index (χ3v) is 10.4. The number of hydrogen-bond acceptors (Lipinski definition) is 4. The minimum absolute atomic E-state index is 0.0789. The molecule has 0 aromatic heterocycles. The topological polar surface area (TPSA) is 66.8 Å². The first-order valence-corrected chi connectivity index (χ1v) is 12.0. The molecule has 0 heterocycles. The summed E-state index contributed by atoms with van der Waals surface area (Å²) in [4.78, 5) is 12.1. The van der Waals surface area contributed by atoms with Crippen molar-refractivity contribution in [1.29, 1.82) is 0 Å². The first-order chi connectivity index (χ1) is 13.5. The van der Waals surface area contributed by atoms with Gasteiger partial charge in [0.05, 0.1) is 25.7 Å². The number of aliphatic hydroxyl groups is 2. The fraction of sp³-hybridized carbons (Fsp3) is 0.960. The maximum atomic E-state index is 12.1. The molecule has 0 bridgehead atoms. The maximum absolute atomic E-state index is 12.1. The zero-order chi connectivity index (χ0) is 21.2. The quantitative estimate of drug-likeness (QED) is 0.674. The van der Waals surface area contributed by atoms with E-state index in [4.69, 9.17) is 4.74 Å². The highest BCUT2D eigenvalue weighted by molar-refractivity contribution is 5.70. The highest BCUT2D eigenvalue weighted by Gasteiger charge is 2.64. The average molecular weight is 407 g/mol. The molecule has 0 saturated heterocycles. The predicted octanol–water partition coefficient (Wildman–Crippen LogP) is 4.57. The fourth-order valence-electron chi connectivity index (χ4n) is 9.05. The van der Waals surface area contributed by atoms with Gasteiger partial charge < -0.3 is 14.9 Å². The van der Waals surface area contributed by atoms with Crippen LogP contribution in [0.3, 0.4) is 0 Å². The Morgan fingerprint density at radius 1 is 1.00 bits per heavy atom. The second-order valence-corrected chi connectivity index (χ2v) is 12.1. The van der Waals surface area contributed by atoms with Crippen LogP contribution in [0.4, 0.5) is 0 Å². The minimum Gasteiger partial charge on any atom is -0.469 e. The van der Waals surface area contributed by atoms with E-state index in [9.17, 15) is 15.0 Å². The van der Waals surface area contributed by atoms with Crippen LogP contribution in [-0.2, 0) is 9.53 Å². The zero-order valence-electron chi connectivity index (χ0n) is 19.1. The van der Waals surface area contributed by atoms with Crippen molar-refractivity contribution in [3.8, 4) is 0 Å². The molecular formula is C25H42O4. The minimum atomic E-state index is -0.240. The zero-order valence-corrected chi connectivity index (χ0v) is 19.1. The van der Waals surface area contributed by atoms with Crippen molar-refractivity contribution in [2.45, 2.75) is 97.7 Å². The fourth-order valence-corrected chi connectivity index (χ4v) is 9.05. The van der Waals surface area contributed by atoms with E-state index in [0.717, 1.165) is 32.1 Å². The molecular weight excluding hydrogens is 364 g/mol. The number of fused-ring (bicyclic) bond motifs is 5. The van der Waals surface area contributed by atoms with Crippen LogP contribution in [0.1, 0.15) is 85.5 Å². The van der Waals surface area contributed by atoms with Gasteiger partial charge in [-0.3, -0.25) is 4.79 Å². The molecule has 4 heteroatoms. The average Bonchev–Trinajstić information content (AvgIpc) is 3.01. The molecule has 4 nitrogen and oxygen atoms in total. The van der Waals surface area contributed by atoms with E-state index in [1.165, 1.54) is 26.4 Å². The van der Waals surface area contributed by atoms with Crippen molar-refractivity contribution in [1.82, 2.24) is 0 Å². The van der Waals surface area contributed by atoms with Crippen LogP contribution in [0.25, 0.3) is 0 Å². The molecule has 4 rings (SSSR count). The molecule has 0 amide bonds. The van der Waals surface area contributed by atoms with Crippen molar-refractivity contribution < 1.29 is 19.7 Å². The number of carbonyl (C=O) groups excluding carboxylic acids is 1. The third-order valence-electron chi connectivity index (χ3n) is 10.4. The summed E-state index contributed by atoms with van der Waals surface area (Å²) in [6, 6.07) is 0. The van der Waals surface area contributed by atoms with Crippen LogP contribution in [0.5, 0.6) is 0 Å². The summed E-state index contributed by atoms with van der Waals surface area (Å²) in [5.41, 5.74) is 0.381. The van der Waals surface area contributed by atoms with Crippen molar-refractivity contribution in [3.63, 3.8) is 0 Å². The van der Waals surface area contributed by atoms with Crippen molar-refractivity contribution >= 4 is 5.97 Å². The van der Waals surface area contributed by atoms with Crippen LogP contribution in [0.15, 0.2) is 0 Å². The largest absolute Gasteiger partial charge is 0.469 e. The molecule has 4 aliphatic carbocycles. The van der Waals surface area contributed by atoms with Gasteiger partial charge in [-0.05, 0) is 97.2 Å². The van der Waals surface area contributed by atoms with Crippen molar-refractivity contribution in [2.24, 2.45) is 45.8 Å². The lowest BCUT2D eigenvalue weighted by molar-refractivity contribution is -0.177. The highest BCUT2D eigenvalue weighted by atomic mass is 16.5. The lowest BCUT2D eigenvalue weighted by Gasteiger charge is -2.62. The molecule has 4 fully saturated rings. The molecule has 166 valence electrons. The third kappa shape index (κ3) is 3.28. The van der Waals surface area contributed by atoms with E-state index >= 15 is 0 Å². The first-order valence-electron chi connectivity index (χ1n) is 12.0. The second kappa shape index (κ2) is 7.22. The Kier molecular flexibility index (Phi) is 5.38. The van der Waals surface area contributed by atoms with Gasteiger partial charge in [-0.15, -0.1) is 0 Å². The van der Waals surface area contributed by atoms with Gasteiger partial charge in [0.1, 0.15) is 0 Å². The Morgan fingerprint density at radius 3 is 2.34 bits per heavy atom. The van der Waals surface area contributed by atoms with Crippen LogP contribution in [-0.4, -0.2) is 35.5 Å². The van der Waals surface area contributed by atoms with Gasteiger partial charge in [0.25, 0.3) is 0 Å². The summed E-state index contributed by atoms with van der Waals surface area (Å²) in [6.07, 6.45) is 8.52. The number of hydrogen-bond donors (Lipinski definition) is 2. The smallest absolute Gasteiger partial charge is 0.306 e. The molecule has 29 heavy (non-hydrogen) atoms. The Morgan fingerprint density at radius 2 is 1.66 bits per heavy atom. The standard InChI is InChI=1S/C25H42O4/c1-23(2,14-21(28)29-5)20-7-6-17-22-18(9-11-25(17,20)4)24(3)10-8-16(26)12-15(24)13-19(22)27/h15-20,22,26-27H,6-14H2,1-5H3/t15-,16+,17?,18?,19-,20+,22?,24-,25-/m0/s1.